The van der Waals surface area contributed by atoms with Crippen LogP contribution in [0.2, 0.25) is 0 Å². The largest absolute Gasteiger partial charge is 0.493 e. The van der Waals surface area contributed by atoms with Gasteiger partial charge in [0.1, 0.15) is 0 Å². The van der Waals surface area contributed by atoms with Crippen LogP contribution in [0.1, 0.15) is 18.9 Å². The lowest BCUT2D eigenvalue weighted by Crippen LogP contribution is -2.19. The molecule has 1 aromatic heterocycles. The number of benzene rings is 2. The Kier molecular flexibility index (Phi) is 7.27. The number of nitrogens with one attached hydrogen (secondary N) is 1. The molecular formula is C20H21N3O3S2. The van der Waals surface area contributed by atoms with Crippen LogP contribution in [-0.2, 0) is 4.79 Å². The fourth-order valence-electron chi connectivity index (χ4n) is 2.35. The Labute approximate surface area is 172 Å². The highest BCUT2D eigenvalue weighted by Crippen LogP contribution is 2.29. The number of carbonyl (C=O) groups is 1. The number of rotatable bonds is 9. The van der Waals surface area contributed by atoms with E-state index in [-0.39, 0.29) is 11.7 Å². The van der Waals surface area contributed by atoms with Gasteiger partial charge in [-0.05, 0) is 42.3 Å². The summed E-state index contributed by atoms with van der Waals surface area (Å²) in [6, 6.07) is 13.4. The first-order valence-electron chi connectivity index (χ1n) is 8.80. The first kappa shape index (κ1) is 20.2. The molecule has 3 rings (SSSR count). The van der Waals surface area contributed by atoms with Gasteiger partial charge in [0, 0.05) is 0 Å². The van der Waals surface area contributed by atoms with E-state index in [1.54, 1.807) is 24.7 Å². The number of thiazole rings is 1. The number of methoxy groups -OCH3 is 1. The van der Waals surface area contributed by atoms with Crippen molar-refractivity contribution in [3.05, 3.63) is 48.0 Å². The van der Waals surface area contributed by atoms with Gasteiger partial charge in [0.05, 0.1) is 35.9 Å². The average Bonchev–Trinajstić information content (AvgIpc) is 3.14. The molecule has 0 aliphatic heterocycles. The minimum Gasteiger partial charge on any atom is -0.493 e. The van der Waals surface area contributed by atoms with Crippen LogP contribution in [-0.4, -0.2) is 36.6 Å². The van der Waals surface area contributed by atoms with Gasteiger partial charge in [-0.2, -0.15) is 5.10 Å². The molecule has 3 aromatic rings. The van der Waals surface area contributed by atoms with E-state index in [1.165, 1.54) is 11.8 Å². The minimum atomic E-state index is -0.185. The molecule has 1 heterocycles. The van der Waals surface area contributed by atoms with Crippen LogP contribution in [0.4, 0.5) is 0 Å². The van der Waals surface area contributed by atoms with Gasteiger partial charge in [0.25, 0.3) is 5.91 Å². The number of para-hydroxylation sites is 1. The highest BCUT2D eigenvalue weighted by Gasteiger charge is 2.07. The van der Waals surface area contributed by atoms with Crippen LogP contribution in [0.25, 0.3) is 10.2 Å². The second-order valence-corrected chi connectivity index (χ2v) is 8.04. The smallest absolute Gasteiger partial charge is 0.250 e. The Balaban J connectivity index is 1.51. The number of hydrazone groups is 1. The highest BCUT2D eigenvalue weighted by molar-refractivity contribution is 8.01. The topological polar surface area (TPSA) is 72.8 Å². The molecule has 2 aromatic carbocycles. The second-order valence-electron chi connectivity index (χ2n) is 5.79. The normalized spacial score (nSPS) is 11.1. The highest BCUT2D eigenvalue weighted by atomic mass is 32.2. The Hall–Kier alpha value is -2.58. The summed E-state index contributed by atoms with van der Waals surface area (Å²) in [4.78, 5) is 16.5. The third-order valence-electron chi connectivity index (χ3n) is 3.65. The van der Waals surface area contributed by atoms with Gasteiger partial charge < -0.3 is 9.47 Å². The number of hydrogen-bond acceptors (Lipinski definition) is 7. The zero-order chi connectivity index (χ0) is 19.8. The number of nitrogens with zero attached hydrogens (tertiary/aromatic N) is 2. The minimum absolute atomic E-state index is 0.185. The number of aromatic nitrogens is 1. The van der Waals surface area contributed by atoms with Crippen molar-refractivity contribution in [2.75, 3.05) is 19.5 Å². The third-order valence-corrected chi connectivity index (χ3v) is 5.83. The molecule has 6 nitrogen and oxygen atoms in total. The summed E-state index contributed by atoms with van der Waals surface area (Å²) in [6.45, 7) is 2.68. The number of carbonyl (C=O) groups excluding carboxylic acids is 1. The summed E-state index contributed by atoms with van der Waals surface area (Å²) >= 11 is 2.98. The maximum atomic E-state index is 12.0. The fourth-order valence-corrected chi connectivity index (χ4v) is 4.21. The van der Waals surface area contributed by atoms with Crippen molar-refractivity contribution in [2.45, 2.75) is 17.7 Å². The molecule has 28 heavy (non-hydrogen) atoms. The quantitative estimate of drug-likeness (QED) is 0.320. The van der Waals surface area contributed by atoms with Crippen molar-refractivity contribution in [3.8, 4) is 11.5 Å². The summed E-state index contributed by atoms with van der Waals surface area (Å²) in [5.41, 5.74) is 4.29. The van der Waals surface area contributed by atoms with Gasteiger partial charge in [-0.25, -0.2) is 10.4 Å². The Bertz CT molecular complexity index is 939. The molecule has 0 spiro atoms. The van der Waals surface area contributed by atoms with E-state index in [0.29, 0.717) is 18.1 Å². The number of amides is 1. The van der Waals surface area contributed by atoms with Gasteiger partial charge >= 0.3 is 0 Å². The van der Waals surface area contributed by atoms with Crippen molar-refractivity contribution in [1.29, 1.82) is 0 Å². The first-order valence-corrected chi connectivity index (χ1v) is 10.6. The molecule has 0 aliphatic carbocycles. The zero-order valence-electron chi connectivity index (χ0n) is 15.7. The lowest BCUT2D eigenvalue weighted by atomic mass is 10.2. The lowest BCUT2D eigenvalue weighted by molar-refractivity contribution is -0.118. The summed E-state index contributed by atoms with van der Waals surface area (Å²) in [5, 5.41) is 4.01. The molecule has 0 radical (unpaired) electrons. The molecule has 1 N–H and O–H groups in total. The summed E-state index contributed by atoms with van der Waals surface area (Å²) < 4.78 is 12.9. The van der Waals surface area contributed by atoms with Crippen LogP contribution in [0.15, 0.2) is 51.9 Å². The van der Waals surface area contributed by atoms with Crippen molar-refractivity contribution < 1.29 is 14.3 Å². The first-order chi connectivity index (χ1) is 13.7. The van der Waals surface area contributed by atoms with Gasteiger partial charge in [-0.15, -0.1) is 11.3 Å². The molecule has 0 aliphatic rings. The molecule has 0 bridgehead atoms. The van der Waals surface area contributed by atoms with E-state index in [9.17, 15) is 4.79 Å². The van der Waals surface area contributed by atoms with Crippen LogP contribution in [0, 0.1) is 0 Å². The van der Waals surface area contributed by atoms with Crippen molar-refractivity contribution in [1.82, 2.24) is 10.4 Å². The number of thioether (sulfide) groups is 1. The maximum absolute atomic E-state index is 12.0. The molecule has 8 heteroatoms. The van der Waals surface area contributed by atoms with Crippen LogP contribution >= 0.6 is 23.1 Å². The molecule has 0 unspecified atom stereocenters. The molecule has 0 saturated heterocycles. The van der Waals surface area contributed by atoms with E-state index in [0.717, 1.165) is 26.5 Å². The predicted octanol–water partition coefficient (Wildman–Crippen LogP) is 4.34. The summed E-state index contributed by atoms with van der Waals surface area (Å²) in [6.07, 6.45) is 2.50. The maximum Gasteiger partial charge on any atom is 0.250 e. The van der Waals surface area contributed by atoms with Crippen molar-refractivity contribution >= 4 is 45.4 Å². The fraction of sp³-hybridized carbons (Fsp3) is 0.250. The lowest BCUT2D eigenvalue weighted by Gasteiger charge is -2.10. The van der Waals surface area contributed by atoms with E-state index in [2.05, 4.69) is 15.5 Å². The van der Waals surface area contributed by atoms with Crippen LogP contribution in [0.5, 0.6) is 11.5 Å². The van der Waals surface area contributed by atoms with E-state index < -0.39 is 0 Å². The van der Waals surface area contributed by atoms with Gasteiger partial charge in [-0.1, -0.05) is 30.8 Å². The van der Waals surface area contributed by atoms with Crippen LogP contribution < -0.4 is 14.9 Å². The molecule has 0 atom stereocenters. The Morgan fingerprint density at radius 3 is 2.93 bits per heavy atom. The van der Waals surface area contributed by atoms with E-state index >= 15 is 0 Å². The number of ether oxygens (including phenoxy) is 2. The van der Waals surface area contributed by atoms with E-state index in [4.69, 9.17) is 9.47 Å². The monoisotopic (exact) mass is 415 g/mol. The summed E-state index contributed by atoms with van der Waals surface area (Å²) in [7, 11) is 1.59. The average molecular weight is 416 g/mol. The van der Waals surface area contributed by atoms with E-state index in [1.807, 2.05) is 49.4 Å². The second kappa shape index (κ2) is 10.1. The van der Waals surface area contributed by atoms with Gasteiger partial charge in [0.15, 0.2) is 15.8 Å². The Morgan fingerprint density at radius 2 is 2.14 bits per heavy atom. The standard InChI is InChI=1S/C20H21N3O3S2/c1-3-10-26-16-9-8-14(11-17(16)25-2)12-21-23-19(24)13-27-20-22-15-6-4-5-7-18(15)28-20/h4-9,11-12H,3,10,13H2,1-2H3,(H,23,24)/b21-12-. The summed E-state index contributed by atoms with van der Waals surface area (Å²) in [5.74, 6) is 1.40. The van der Waals surface area contributed by atoms with Gasteiger partial charge in [-0.3, -0.25) is 4.79 Å². The molecule has 0 saturated carbocycles. The van der Waals surface area contributed by atoms with Crippen molar-refractivity contribution in [2.24, 2.45) is 5.10 Å². The van der Waals surface area contributed by atoms with Gasteiger partial charge in [0.2, 0.25) is 0 Å². The number of hydrogen-bond donors (Lipinski definition) is 1. The Morgan fingerprint density at radius 1 is 1.29 bits per heavy atom. The molecule has 1 amide bonds. The van der Waals surface area contributed by atoms with Crippen LogP contribution in [0.3, 0.4) is 0 Å². The predicted molar refractivity (Wildman–Crippen MR) is 115 cm³/mol. The molecular weight excluding hydrogens is 394 g/mol. The number of fused-ring (bicyclic) bond motifs is 1. The third kappa shape index (κ3) is 5.46. The van der Waals surface area contributed by atoms with Crippen molar-refractivity contribution in [3.63, 3.8) is 0 Å². The molecule has 146 valence electrons. The SMILES string of the molecule is CCCOc1ccc(/C=N\NC(=O)CSc2nc3ccccc3s2)cc1OC. The zero-order valence-corrected chi connectivity index (χ0v) is 17.3. The molecule has 0 fully saturated rings.